The third-order valence-electron chi connectivity index (χ3n) is 2.78. The smallest absolute Gasteiger partial charge is 0.165 e. The van der Waals surface area contributed by atoms with Gasteiger partial charge in [0.05, 0.1) is 0 Å². The molecule has 1 saturated heterocycles. The number of halogens is 3. The van der Waals surface area contributed by atoms with Crippen molar-refractivity contribution >= 4 is 0 Å². The molecule has 0 aliphatic carbocycles. The maximum atomic E-state index is 13.4. The van der Waals surface area contributed by atoms with Crippen molar-refractivity contribution in [2.45, 2.75) is 18.8 Å². The van der Waals surface area contributed by atoms with Gasteiger partial charge in [-0.25, -0.2) is 13.2 Å². The van der Waals surface area contributed by atoms with Gasteiger partial charge in [-0.3, -0.25) is 0 Å². The van der Waals surface area contributed by atoms with Gasteiger partial charge < -0.3 is 5.32 Å². The van der Waals surface area contributed by atoms with Crippen molar-refractivity contribution in [3.05, 3.63) is 35.1 Å². The van der Waals surface area contributed by atoms with E-state index < -0.39 is 17.5 Å². The van der Waals surface area contributed by atoms with E-state index in [1.54, 1.807) is 0 Å². The molecule has 0 saturated carbocycles. The molecule has 0 amide bonds. The van der Waals surface area contributed by atoms with E-state index in [4.69, 9.17) is 0 Å². The van der Waals surface area contributed by atoms with Crippen LogP contribution < -0.4 is 5.32 Å². The molecule has 1 aliphatic heterocycles. The molecule has 1 aromatic carbocycles. The summed E-state index contributed by atoms with van der Waals surface area (Å²) in [6.45, 7) is 1.37. The van der Waals surface area contributed by atoms with Crippen LogP contribution in [0.25, 0.3) is 0 Å². The molecule has 1 heterocycles. The Morgan fingerprint density at radius 2 is 1.87 bits per heavy atom. The summed E-state index contributed by atoms with van der Waals surface area (Å²) in [7, 11) is 0. The van der Waals surface area contributed by atoms with Crippen LogP contribution in [0.1, 0.15) is 24.3 Å². The quantitative estimate of drug-likeness (QED) is 0.710. The van der Waals surface area contributed by atoms with Crippen molar-refractivity contribution in [2.75, 3.05) is 13.1 Å². The van der Waals surface area contributed by atoms with Crippen LogP contribution in [0.3, 0.4) is 0 Å². The lowest BCUT2D eigenvalue weighted by Gasteiger charge is -2.23. The van der Waals surface area contributed by atoms with Gasteiger partial charge in [0.25, 0.3) is 0 Å². The number of piperidine rings is 1. The second-order valence-corrected chi connectivity index (χ2v) is 3.80. The topological polar surface area (TPSA) is 12.0 Å². The minimum Gasteiger partial charge on any atom is -0.316 e. The highest BCUT2D eigenvalue weighted by Gasteiger charge is 2.24. The molecule has 1 atom stereocenters. The molecule has 0 spiro atoms. The number of rotatable bonds is 1. The average Bonchev–Trinajstić information content (AvgIpc) is 2.26. The monoisotopic (exact) mass is 215 g/mol. The van der Waals surface area contributed by atoms with E-state index in [1.165, 1.54) is 0 Å². The van der Waals surface area contributed by atoms with E-state index in [1.807, 2.05) is 0 Å². The summed E-state index contributed by atoms with van der Waals surface area (Å²) in [4.78, 5) is 0. The van der Waals surface area contributed by atoms with Gasteiger partial charge in [-0.1, -0.05) is 0 Å². The molecule has 1 nitrogen and oxygen atoms in total. The van der Waals surface area contributed by atoms with Gasteiger partial charge in [-0.15, -0.1) is 0 Å². The van der Waals surface area contributed by atoms with Gasteiger partial charge in [0.2, 0.25) is 0 Å². The number of hydrogen-bond acceptors (Lipinski definition) is 1. The van der Waals surface area contributed by atoms with Crippen molar-refractivity contribution in [1.29, 1.82) is 0 Å². The zero-order valence-corrected chi connectivity index (χ0v) is 8.19. The van der Waals surface area contributed by atoms with E-state index in [2.05, 4.69) is 5.32 Å². The Kier molecular flexibility index (Phi) is 2.95. The Balaban J connectivity index is 2.36. The lowest BCUT2D eigenvalue weighted by atomic mass is 9.91. The fourth-order valence-corrected chi connectivity index (χ4v) is 2.02. The minimum absolute atomic E-state index is 0.109. The zero-order valence-electron chi connectivity index (χ0n) is 8.19. The lowest BCUT2D eigenvalue weighted by molar-refractivity contribution is 0.411. The largest absolute Gasteiger partial charge is 0.316 e. The Morgan fingerprint density at radius 3 is 2.53 bits per heavy atom. The highest BCUT2D eigenvalue weighted by atomic mass is 19.2. The molecule has 0 bridgehead atoms. The fraction of sp³-hybridized carbons (Fsp3) is 0.455. The van der Waals surface area contributed by atoms with Crippen molar-refractivity contribution in [3.8, 4) is 0 Å². The SMILES string of the molecule is Fc1ccc(F)c([C@@H]2CCCNC2)c1F. The molecule has 1 N–H and O–H groups in total. The predicted octanol–water partition coefficient (Wildman–Crippen LogP) is 2.57. The van der Waals surface area contributed by atoms with Gasteiger partial charge in [0.15, 0.2) is 11.6 Å². The fourth-order valence-electron chi connectivity index (χ4n) is 2.02. The van der Waals surface area contributed by atoms with Crippen LogP contribution >= 0.6 is 0 Å². The van der Waals surface area contributed by atoms with E-state index in [-0.39, 0.29) is 11.5 Å². The van der Waals surface area contributed by atoms with Crippen molar-refractivity contribution in [1.82, 2.24) is 5.32 Å². The summed E-state index contributed by atoms with van der Waals surface area (Å²) in [5.41, 5.74) is -0.109. The van der Waals surface area contributed by atoms with Crippen LogP contribution in [0.15, 0.2) is 12.1 Å². The normalized spacial score (nSPS) is 21.7. The second kappa shape index (κ2) is 4.23. The molecule has 0 aromatic heterocycles. The predicted molar refractivity (Wildman–Crippen MR) is 51.2 cm³/mol. The summed E-state index contributed by atoms with van der Waals surface area (Å²) in [6.07, 6.45) is 1.56. The van der Waals surface area contributed by atoms with Crippen LogP contribution in [0.2, 0.25) is 0 Å². The molecule has 4 heteroatoms. The van der Waals surface area contributed by atoms with Crippen molar-refractivity contribution in [2.24, 2.45) is 0 Å². The second-order valence-electron chi connectivity index (χ2n) is 3.80. The average molecular weight is 215 g/mol. The summed E-state index contributed by atoms with van der Waals surface area (Å²) in [5, 5.41) is 3.05. The number of nitrogens with one attached hydrogen (secondary N) is 1. The first-order chi connectivity index (χ1) is 7.20. The number of benzene rings is 1. The highest BCUT2D eigenvalue weighted by molar-refractivity contribution is 5.25. The molecule has 15 heavy (non-hydrogen) atoms. The molecule has 1 fully saturated rings. The Morgan fingerprint density at radius 1 is 1.13 bits per heavy atom. The molecule has 0 radical (unpaired) electrons. The number of hydrogen-bond donors (Lipinski definition) is 1. The Hall–Kier alpha value is -1.03. The molecule has 1 aromatic rings. The van der Waals surface area contributed by atoms with Gasteiger partial charge in [0.1, 0.15) is 5.82 Å². The Labute approximate surface area is 86.3 Å². The zero-order chi connectivity index (χ0) is 10.8. The molecule has 0 unspecified atom stereocenters. The highest BCUT2D eigenvalue weighted by Crippen LogP contribution is 2.29. The minimum atomic E-state index is -1.04. The first-order valence-corrected chi connectivity index (χ1v) is 5.04. The summed E-state index contributed by atoms with van der Waals surface area (Å²) < 4.78 is 39.7. The third-order valence-corrected chi connectivity index (χ3v) is 2.78. The first-order valence-electron chi connectivity index (χ1n) is 5.04. The van der Waals surface area contributed by atoms with Crippen molar-refractivity contribution in [3.63, 3.8) is 0 Å². The van der Waals surface area contributed by atoms with Gasteiger partial charge in [0, 0.05) is 18.0 Å². The third kappa shape index (κ3) is 2.00. The van der Waals surface area contributed by atoms with Crippen LogP contribution in [0, 0.1) is 17.5 Å². The van der Waals surface area contributed by atoms with E-state index in [0.29, 0.717) is 13.0 Å². The molecular weight excluding hydrogens is 203 g/mol. The summed E-state index contributed by atoms with van der Waals surface area (Å²) in [5.74, 6) is -2.92. The van der Waals surface area contributed by atoms with E-state index in [9.17, 15) is 13.2 Å². The molecule has 2 rings (SSSR count). The van der Waals surface area contributed by atoms with E-state index >= 15 is 0 Å². The summed E-state index contributed by atoms with van der Waals surface area (Å²) >= 11 is 0. The van der Waals surface area contributed by atoms with Crippen LogP contribution in [-0.2, 0) is 0 Å². The van der Waals surface area contributed by atoms with Crippen molar-refractivity contribution < 1.29 is 13.2 Å². The maximum Gasteiger partial charge on any atom is 0.165 e. The van der Waals surface area contributed by atoms with Gasteiger partial charge in [-0.05, 0) is 31.5 Å². The van der Waals surface area contributed by atoms with Gasteiger partial charge >= 0.3 is 0 Å². The standard InChI is InChI=1S/C11H12F3N/c12-8-3-4-9(13)11(14)10(8)7-2-1-5-15-6-7/h3-4,7,15H,1-2,5-6H2/t7-/m1/s1. The molecule has 82 valence electrons. The first kappa shape index (κ1) is 10.5. The van der Waals surface area contributed by atoms with E-state index in [0.717, 1.165) is 25.1 Å². The lowest BCUT2D eigenvalue weighted by Crippen LogP contribution is -2.29. The maximum absolute atomic E-state index is 13.4. The summed E-state index contributed by atoms with van der Waals surface area (Å²) in [6, 6.07) is 1.81. The van der Waals surface area contributed by atoms with Crippen LogP contribution in [0.5, 0.6) is 0 Å². The van der Waals surface area contributed by atoms with Crippen LogP contribution in [0.4, 0.5) is 13.2 Å². The van der Waals surface area contributed by atoms with Gasteiger partial charge in [-0.2, -0.15) is 0 Å². The molecular formula is C11H12F3N. The van der Waals surface area contributed by atoms with Crippen LogP contribution in [-0.4, -0.2) is 13.1 Å². The molecule has 1 aliphatic rings. The Bertz CT molecular complexity index is 359.